The number of rotatable bonds is 7. The van der Waals surface area contributed by atoms with E-state index < -0.39 is 0 Å². The first kappa shape index (κ1) is 42.0. The van der Waals surface area contributed by atoms with Crippen molar-refractivity contribution in [2.24, 2.45) is 0 Å². The van der Waals surface area contributed by atoms with Crippen LogP contribution >= 0.6 is 0 Å². The van der Waals surface area contributed by atoms with Crippen molar-refractivity contribution in [3.05, 3.63) is 249 Å². The van der Waals surface area contributed by atoms with Gasteiger partial charge in [0.05, 0.1) is 44.1 Å². The zero-order valence-electron chi connectivity index (χ0n) is 40.7. The second-order valence-corrected chi connectivity index (χ2v) is 19.4. The summed E-state index contributed by atoms with van der Waals surface area (Å²) < 4.78 is 9.34. The molecule has 354 valence electrons. The molecule has 0 atom stereocenters. The second-order valence-electron chi connectivity index (χ2n) is 19.4. The van der Waals surface area contributed by atoms with Gasteiger partial charge in [0.2, 0.25) is 0 Å². The zero-order chi connectivity index (χ0) is 49.8. The average molecular weight is 972 g/mol. The Bertz CT molecular complexity index is 4680. The van der Waals surface area contributed by atoms with Crippen molar-refractivity contribution in [1.29, 1.82) is 0 Å². The van der Waals surface area contributed by atoms with Gasteiger partial charge in [-0.3, -0.25) is 9.97 Å². The molecule has 9 nitrogen and oxygen atoms in total. The molecular weight excluding hydrogens is 931 g/mol. The van der Waals surface area contributed by atoms with Crippen LogP contribution < -0.4 is 0 Å². The third kappa shape index (κ3) is 6.36. The lowest BCUT2D eigenvalue weighted by Gasteiger charge is -2.13. The lowest BCUT2D eigenvalue weighted by Crippen LogP contribution is -2.02. The molecule has 0 aliphatic heterocycles. The summed E-state index contributed by atoms with van der Waals surface area (Å²) in [7, 11) is 0. The number of hydrogen-bond donors (Lipinski definition) is 0. The number of hydrogen-bond acceptors (Lipinski definition) is 5. The van der Waals surface area contributed by atoms with Crippen LogP contribution in [0.5, 0.6) is 0 Å². The highest BCUT2D eigenvalue weighted by molar-refractivity contribution is 6.13. The number of benzene rings is 9. The molecule has 0 unspecified atom stereocenters. The van der Waals surface area contributed by atoms with Crippen LogP contribution in [0.2, 0.25) is 0 Å². The molecule has 7 heterocycles. The second kappa shape index (κ2) is 16.5. The van der Waals surface area contributed by atoms with Gasteiger partial charge in [-0.05, 0) is 109 Å². The van der Waals surface area contributed by atoms with E-state index in [9.17, 15) is 0 Å². The molecule has 0 aliphatic carbocycles. The molecule has 0 amide bonds. The molecule has 0 aliphatic rings. The number of nitrogens with zero attached hydrogens (tertiary/aromatic N) is 9. The first-order chi connectivity index (χ1) is 37.7. The Hall–Kier alpha value is -10.5. The van der Waals surface area contributed by atoms with Crippen LogP contribution in [0.4, 0.5) is 0 Å². The molecule has 0 bridgehead atoms. The first-order valence-corrected chi connectivity index (χ1v) is 25.5. The molecule has 76 heavy (non-hydrogen) atoms. The summed E-state index contributed by atoms with van der Waals surface area (Å²) in [5, 5.41) is 9.36. The van der Waals surface area contributed by atoms with E-state index in [1.165, 1.54) is 32.6 Å². The molecule has 0 saturated heterocycles. The van der Waals surface area contributed by atoms with Crippen LogP contribution in [0.15, 0.2) is 249 Å². The number of para-hydroxylation sites is 5. The molecule has 16 rings (SSSR count). The minimum absolute atomic E-state index is 0.572. The SMILES string of the molecule is c1cc(-c2nc(-c3ccc(-n4c5ccccc5c5cc(-n6c7ccccc7c7ccccc76)ccc54)cc3)nc(-c3cccc(-n4c5ccccc5c5cnccc54)c3)n2)cc(-n2c3ccccc3c3cnccc32)c1. The molecule has 16 aromatic rings. The summed E-state index contributed by atoms with van der Waals surface area (Å²) in [5.41, 5.74) is 15.8. The monoisotopic (exact) mass is 971 g/mol. The fourth-order valence-electron chi connectivity index (χ4n) is 11.9. The molecule has 0 N–H and O–H groups in total. The quantitative estimate of drug-likeness (QED) is 0.159. The Morgan fingerprint density at radius 1 is 0.224 bits per heavy atom. The molecule has 9 heteroatoms. The maximum Gasteiger partial charge on any atom is 0.164 e. The van der Waals surface area contributed by atoms with Crippen molar-refractivity contribution in [3.63, 3.8) is 0 Å². The lowest BCUT2D eigenvalue weighted by atomic mass is 10.1. The van der Waals surface area contributed by atoms with Crippen LogP contribution in [0.25, 0.3) is 144 Å². The zero-order valence-corrected chi connectivity index (χ0v) is 40.7. The number of fused-ring (bicyclic) bond motifs is 12. The Kier molecular flexibility index (Phi) is 9.13. The third-order valence-corrected chi connectivity index (χ3v) is 15.2. The van der Waals surface area contributed by atoms with Crippen LogP contribution in [-0.4, -0.2) is 43.2 Å². The number of aromatic nitrogens is 9. The Balaban J connectivity index is 0.846. The predicted octanol–water partition coefficient (Wildman–Crippen LogP) is 16.1. The molecule has 7 aromatic heterocycles. The van der Waals surface area contributed by atoms with Crippen molar-refractivity contribution in [2.75, 3.05) is 0 Å². The Morgan fingerprint density at radius 3 is 1.03 bits per heavy atom. The molecule has 0 fully saturated rings. The summed E-state index contributed by atoms with van der Waals surface area (Å²) in [5.74, 6) is 1.72. The fourth-order valence-corrected chi connectivity index (χ4v) is 11.9. The summed E-state index contributed by atoms with van der Waals surface area (Å²) in [6, 6.07) is 79.6. The van der Waals surface area contributed by atoms with E-state index in [1.54, 1.807) is 0 Å². The minimum atomic E-state index is 0.572. The largest absolute Gasteiger partial charge is 0.309 e. The van der Waals surface area contributed by atoms with E-state index in [4.69, 9.17) is 15.0 Å². The van der Waals surface area contributed by atoms with Crippen LogP contribution in [0.3, 0.4) is 0 Å². The molecule has 9 aromatic carbocycles. The average Bonchev–Trinajstić information content (AvgIpc) is 4.29. The highest BCUT2D eigenvalue weighted by atomic mass is 15.0. The van der Waals surface area contributed by atoms with E-state index in [1.807, 2.05) is 24.8 Å². The summed E-state index contributed by atoms with van der Waals surface area (Å²) in [6.07, 6.45) is 7.60. The van der Waals surface area contributed by atoms with E-state index in [0.717, 1.165) is 94.1 Å². The smallest absolute Gasteiger partial charge is 0.164 e. The van der Waals surface area contributed by atoms with Crippen LogP contribution in [0.1, 0.15) is 0 Å². The molecule has 0 spiro atoms. The highest BCUT2D eigenvalue weighted by Crippen LogP contribution is 2.39. The maximum absolute atomic E-state index is 5.31. The topological polar surface area (TPSA) is 84.2 Å². The van der Waals surface area contributed by atoms with Gasteiger partial charge in [-0.25, -0.2) is 15.0 Å². The van der Waals surface area contributed by atoms with Gasteiger partial charge in [-0.2, -0.15) is 0 Å². The van der Waals surface area contributed by atoms with Gasteiger partial charge < -0.3 is 18.3 Å². The first-order valence-electron chi connectivity index (χ1n) is 25.5. The highest BCUT2D eigenvalue weighted by Gasteiger charge is 2.20. The summed E-state index contributed by atoms with van der Waals surface area (Å²) in [4.78, 5) is 24.9. The van der Waals surface area contributed by atoms with Gasteiger partial charge in [0.1, 0.15) is 0 Å². The van der Waals surface area contributed by atoms with Crippen LogP contribution in [0, 0.1) is 0 Å². The third-order valence-electron chi connectivity index (χ3n) is 15.2. The van der Waals surface area contributed by atoms with Crippen molar-refractivity contribution >= 4 is 87.2 Å². The standard InChI is InChI=1S/C67H41N9/c1-6-22-57-49(17-1)50-18-2-7-23-58(50)76(57)48-31-32-62-54(39-48)51-19-3-8-24-59(51)73(62)45-29-27-42(28-30-45)65-70-66(43-13-11-15-46(37-43)74-60-25-9-4-20-52(60)55-40-68-35-33-63(55)74)72-67(71-65)44-14-12-16-47(38-44)75-61-26-10-5-21-53(61)56-41-69-36-34-64(56)75/h1-41H. The van der Waals surface area contributed by atoms with Gasteiger partial charge in [0.15, 0.2) is 17.5 Å². The Labute approximate surface area is 434 Å². The van der Waals surface area contributed by atoms with Gasteiger partial charge in [-0.1, -0.05) is 115 Å². The Morgan fingerprint density at radius 2 is 0.566 bits per heavy atom. The fraction of sp³-hybridized carbons (Fsp3) is 0. The predicted molar refractivity (Wildman–Crippen MR) is 309 cm³/mol. The van der Waals surface area contributed by atoms with Crippen molar-refractivity contribution in [3.8, 4) is 56.9 Å². The molecule has 0 saturated carbocycles. The van der Waals surface area contributed by atoms with Crippen molar-refractivity contribution < 1.29 is 0 Å². The molecule has 0 radical (unpaired) electrons. The lowest BCUT2D eigenvalue weighted by molar-refractivity contribution is 1.07. The van der Waals surface area contributed by atoms with E-state index in [2.05, 4.69) is 253 Å². The van der Waals surface area contributed by atoms with Crippen LogP contribution in [-0.2, 0) is 0 Å². The van der Waals surface area contributed by atoms with Gasteiger partial charge in [0, 0.05) is 107 Å². The maximum atomic E-state index is 5.31. The van der Waals surface area contributed by atoms with Gasteiger partial charge in [0.25, 0.3) is 0 Å². The molecular formula is C67H41N9. The minimum Gasteiger partial charge on any atom is -0.309 e. The van der Waals surface area contributed by atoms with E-state index in [-0.39, 0.29) is 0 Å². The summed E-state index contributed by atoms with van der Waals surface area (Å²) >= 11 is 0. The van der Waals surface area contributed by atoms with Crippen molar-refractivity contribution in [1.82, 2.24) is 43.2 Å². The van der Waals surface area contributed by atoms with E-state index >= 15 is 0 Å². The number of pyridine rings is 2. The van der Waals surface area contributed by atoms with Gasteiger partial charge >= 0.3 is 0 Å². The summed E-state index contributed by atoms with van der Waals surface area (Å²) in [6.45, 7) is 0. The van der Waals surface area contributed by atoms with E-state index in [0.29, 0.717) is 17.5 Å². The normalized spacial score (nSPS) is 11.9. The van der Waals surface area contributed by atoms with Gasteiger partial charge in [-0.15, -0.1) is 0 Å². The van der Waals surface area contributed by atoms with Crippen molar-refractivity contribution in [2.45, 2.75) is 0 Å².